The van der Waals surface area contributed by atoms with Crippen LogP contribution in [0, 0.1) is 6.92 Å². The number of hydrogen-bond donors (Lipinski definition) is 1. The lowest BCUT2D eigenvalue weighted by Gasteiger charge is -2.02. The molecule has 2 N–H and O–H groups in total. The van der Waals surface area contributed by atoms with E-state index in [0.717, 1.165) is 11.1 Å². The SMILES string of the molecule is Cc1cccc(C(=O)O/N=C(\N)Cc2ccccc2)c1. The summed E-state index contributed by atoms with van der Waals surface area (Å²) in [7, 11) is 0. The second-order valence-electron chi connectivity index (χ2n) is 4.49. The molecule has 4 nitrogen and oxygen atoms in total. The fourth-order valence-corrected chi connectivity index (χ4v) is 1.76. The molecule has 2 aromatic rings. The zero-order valence-electron chi connectivity index (χ0n) is 11.2. The molecule has 2 rings (SSSR count). The summed E-state index contributed by atoms with van der Waals surface area (Å²) in [5.74, 6) is -0.248. The number of aryl methyl sites for hydroxylation is 1. The molecule has 4 heteroatoms. The molecule has 0 aromatic heterocycles. The lowest BCUT2D eigenvalue weighted by molar-refractivity contribution is 0.0515. The first-order valence-electron chi connectivity index (χ1n) is 6.29. The first-order valence-corrected chi connectivity index (χ1v) is 6.29. The van der Waals surface area contributed by atoms with Gasteiger partial charge in [0, 0.05) is 6.42 Å². The summed E-state index contributed by atoms with van der Waals surface area (Å²) in [6.07, 6.45) is 0.446. The van der Waals surface area contributed by atoms with Crippen LogP contribution in [0.3, 0.4) is 0 Å². The largest absolute Gasteiger partial charge is 0.384 e. The maximum atomic E-state index is 11.8. The number of nitrogens with two attached hydrogens (primary N) is 1. The fourth-order valence-electron chi connectivity index (χ4n) is 1.76. The number of rotatable bonds is 4. The maximum absolute atomic E-state index is 11.8. The van der Waals surface area contributed by atoms with Gasteiger partial charge in [-0.3, -0.25) is 0 Å². The molecule has 0 fully saturated rings. The van der Waals surface area contributed by atoms with Gasteiger partial charge in [-0.2, -0.15) is 0 Å². The van der Waals surface area contributed by atoms with Crippen molar-refractivity contribution in [3.8, 4) is 0 Å². The van der Waals surface area contributed by atoms with Gasteiger partial charge in [0.15, 0.2) is 0 Å². The van der Waals surface area contributed by atoms with Crippen molar-refractivity contribution in [2.45, 2.75) is 13.3 Å². The monoisotopic (exact) mass is 268 g/mol. The summed E-state index contributed by atoms with van der Waals surface area (Å²) in [6, 6.07) is 16.8. The van der Waals surface area contributed by atoms with Crippen LogP contribution in [0.4, 0.5) is 0 Å². The molecule has 0 atom stereocenters. The number of amidine groups is 1. The van der Waals surface area contributed by atoms with E-state index >= 15 is 0 Å². The Morgan fingerprint density at radius 1 is 1.15 bits per heavy atom. The number of hydrogen-bond acceptors (Lipinski definition) is 3. The van der Waals surface area contributed by atoms with Crippen molar-refractivity contribution >= 4 is 11.8 Å². The van der Waals surface area contributed by atoms with Crippen LogP contribution in [0.15, 0.2) is 59.8 Å². The molecule has 0 radical (unpaired) electrons. The van der Waals surface area contributed by atoms with Gasteiger partial charge < -0.3 is 10.6 Å². The van der Waals surface area contributed by atoms with Gasteiger partial charge in [0.05, 0.1) is 5.56 Å². The van der Waals surface area contributed by atoms with Gasteiger partial charge in [-0.25, -0.2) is 4.79 Å². The standard InChI is InChI=1S/C16H16N2O2/c1-12-6-5-9-14(10-12)16(19)20-18-15(17)11-13-7-3-2-4-8-13/h2-10H,11H2,1H3,(H2,17,18). The minimum Gasteiger partial charge on any atom is -0.384 e. The highest BCUT2D eigenvalue weighted by Gasteiger charge is 2.07. The number of carbonyl (C=O) groups excluding carboxylic acids is 1. The van der Waals surface area contributed by atoms with Crippen molar-refractivity contribution < 1.29 is 9.63 Å². The van der Waals surface area contributed by atoms with Crippen molar-refractivity contribution in [3.05, 3.63) is 71.3 Å². The molecule has 0 aliphatic rings. The van der Waals surface area contributed by atoms with Gasteiger partial charge in [0.1, 0.15) is 5.84 Å². The van der Waals surface area contributed by atoms with Crippen molar-refractivity contribution in [3.63, 3.8) is 0 Å². The first kappa shape index (κ1) is 13.8. The Kier molecular flexibility index (Phi) is 4.50. The Morgan fingerprint density at radius 2 is 1.90 bits per heavy atom. The Bertz CT molecular complexity index is 621. The normalized spacial score (nSPS) is 11.2. The summed E-state index contributed by atoms with van der Waals surface area (Å²) < 4.78 is 0. The average Bonchev–Trinajstić information content (AvgIpc) is 2.46. The number of carbonyl (C=O) groups is 1. The fraction of sp³-hybridized carbons (Fsp3) is 0.125. The molecular weight excluding hydrogens is 252 g/mol. The molecule has 102 valence electrons. The molecule has 0 saturated heterocycles. The summed E-state index contributed by atoms with van der Waals surface area (Å²) in [6.45, 7) is 1.91. The van der Waals surface area contributed by atoms with Gasteiger partial charge in [0.25, 0.3) is 0 Å². The van der Waals surface area contributed by atoms with Crippen molar-refractivity contribution in [1.82, 2.24) is 0 Å². The maximum Gasteiger partial charge on any atom is 0.365 e. The van der Waals surface area contributed by atoms with Crippen molar-refractivity contribution in [2.24, 2.45) is 10.9 Å². The summed E-state index contributed by atoms with van der Waals surface area (Å²) in [4.78, 5) is 16.6. The molecular formula is C16H16N2O2. The minimum atomic E-state index is -0.510. The third kappa shape index (κ3) is 3.95. The van der Waals surface area contributed by atoms with Gasteiger partial charge in [-0.05, 0) is 24.6 Å². The van der Waals surface area contributed by atoms with E-state index in [4.69, 9.17) is 10.6 Å². The smallest absolute Gasteiger partial charge is 0.365 e. The topological polar surface area (TPSA) is 64.7 Å². The molecule has 0 aliphatic carbocycles. The predicted octanol–water partition coefficient (Wildman–Crippen LogP) is 2.67. The van der Waals surface area contributed by atoms with Crippen LogP contribution < -0.4 is 5.73 Å². The third-order valence-electron chi connectivity index (χ3n) is 2.73. The lowest BCUT2D eigenvalue weighted by atomic mass is 10.1. The van der Waals surface area contributed by atoms with Gasteiger partial charge in [-0.15, -0.1) is 0 Å². The van der Waals surface area contributed by atoms with E-state index in [1.54, 1.807) is 18.2 Å². The number of benzene rings is 2. The molecule has 0 amide bonds. The van der Waals surface area contributed by atoms with E-state index in [1.807, 2.05) is 43.3 Å². The molecule has 0 spiro atoms. The zero-order valence-corrected chi connectivity index (χ0v) is 11.2. The Balaban J connectivity index is 1.96. The molecule has 0 aliphatic heterocycles. The number of nitrogens with zero attached hydrogens (tertiary/aromatic N) is 1. The van der Waals surface area contributed by atoms with E-state index in [-0.39, 0.29) is 5.84 Å². The summed E-state index contributed by atoms with van der Waals surface area (Å²) >= 11 is 0. The van der Waals surface area contributed by atoms with Crippen LogP contribution >= 0.6 is 0 Å². The second-order valence-corrected chi connectivity index (χ2v) is 4.49. The van der Waals surface area contributed by atoms with E-state index in [9.17, 15) is 4.79 Å². The average molecular weight is 268 g/mol. The highest BCUT2D eigenvalue weighted by Crippen LogP contribution is 2.06. The van der Waals surface area contributed by atoms with Gasteiger partial charge >= 0.3 is 5.97 Å². The minimum absolute atomic E-state index is 0.261. The lowest BCUT2D eigenvalue weighted by Crippen LogP contribution is -2.16. The number of oxime groups is 1. The van der Waals surface area contributed by atoms with Crippen molar-refractivity contribution in [2.75, 3.05) is 0 Å². The second kappa shape index (κ2) is 6.52. The van der Waals surface area contributed by atoms with E-state index < -0.39 is 5.97 Å². The highest BCUT2D eigenvalue weighted by atomic mass is 16.7. The molecule has 0 saturated carbocycles. The van der Waals surface area contributed by atoms with E-state index in [1.165, 1.54) is 0 Å². The Labute approximate surface area is 117 Å². The molecule has 20 heavy (non-hydrogen) atoms. The van der Waals surface area contributed by atoms with Crippen LogP contribution in [0.5, 0.6) is 0 Å². The van der Waals surface area contributed by atoms with E-state index in [2.05, 4.69) is 5.16 Å². The molecule has 0 unspecified atom stereocenters. The van der Waals surface area contributed by atoms with Crippen LogP contribution in [0.2, 0.25) is 0 Å². The van der Waals surface area contributed by atoms with Crippen LogP contribution in [0.1, 0.15) is 21.5 Å². The zero-order chi connectivity index (χ0) is 14.4. The van der Waals surface area contributed by atoms with Crippen LogP contribution in [-0.2, 0) is 11.3 Å². The quantitative estimate of drug-likeness (QED) is 0.401. The third-order valence-corrected chi connectivity index (χ3v) is 2.73. The highest BCUT2D eigenvalue weighted by molar-refractivity contribution is 5.90. The van der Waals surface area contributed by atoms with Gasteiger partial charge in [-0.1, -0.05) is 53.2 Å². The van der Waals surface area contributed by atoms with Crippen LogP contribution in [-0.4, -0.2) is 11.8 Å². The van der Waals surface area contributed by atoms with Gasteiger partial charge in [0.2, 0.25) is 0 Å². The molecule has 0 bridgehead atoms. The van der Waals surface area contributed by atoms with Crippen molar-refractivity contribution in [1.29, 1.82) is 0 Å². The summed E-state index contributed by atoms with van der Waals surface area (Å²) in [5, 5.41) is 3.67. The van der Waals surface area contributed by atoms with Crippen LogP contribution in [0.25, 0.3) is 0 Å². The Hall–Kier alpha value is -2.62. The van der Waals surface area contributed by atoms with E-state index in [0.29, 0.717) is 12.0 Å². The predicted molar refractivity (Wildman–Crippen MR) is 78.4 cm³/mol. The first-order chi connectivity index (χ1) is 9.65. The molecule has 0 heterocycles. The summed E-state index contributed by atoms with van der Waals surface area (Å²) in [5.41, 5.74) is 8.20. The molecule has 2 aromatic carbocycles. The Morgan fingerprint density at radius 3 is 2.60 bits per heavy atom.